The van der Waals surface area contributed by atoms with E-state index < -0.39 is 0 Å². The Hall–Kier alpha value is -3.97. The molecule has 37 heavy (non-hydrogen) atoms. The molecule has 1 fully saturated rings. The Kier molecular flexibility index (Phi) is 7.06. The molecule has 3 heterocycles. The lowest BCUT2D eigenvalue weighted by Gasteiger charge is -2.28. The monoisotopic (exact) mass is 509 g/mol. The zero-order valence-corrected chi connectivity index (χ0v) is 22.1. The number of nitrogens with one attached hydrogen (secondary N) is 2. The summed E-state index contributed by atoms with van der Waals surface area (Å²) in [7, 11) is 0. The van der Waals surface area contributed by atoms with Crippen LogP contribution in [0.2, 0.25) is 0 Å². The number of para-hydroxylation sites is 2. The predicted molar refractivity (Wildman–Crippen MR) is 152 cm³/mol. The first-order chi connectivity index (χ1) is 17.9. The molecule has 1 saturated heterocycles. The highest BCUT2D eigenvalue weighted by atomic mass is 32.1. The highest BCUT2D eigenvalue weighted by molar-refractivity contribution is 7.80. The van der Waals surface area contributed by atoms with Crippen molar-refractivity contribution in [2.24, 2.45) is 0 Å². The van der Waals surface area contributed by atoms with Gasteiger partial charge in [-0.1, -0.05) is 42.5 Å². The molecule has 0 saturated carbocycles. The zero-order valence-electron chi connectivity index (χ0n) is 21.3. The number of nitrogens with zero attached hydrogens (tertiary/aromatic N) is 3. The number of thiocarbonyl (C=S) groups is 1. The van der Waals surface area contributed by atoms with Gasteiger partial charge in [0.1, 0.15) is 0 Å². The number of pyridine rings is 1. The zero-order chi connectivity index (χ0) is 25.9. The molecule has 2 N–H and O–H groups in total. The number of carbonyl (C=O) groups excluding carboxylic acids is 1. The van der Waals surface area contributed by atoms with E-state index in [0.717, 1.165) is 22.8 Å². The second-order valence-corrected chi connectivity index (χ2v) is 9.82. The molecular weight excluding hydrogens is 478 g/mol. The molecule has 0 unspecified atom stereocenters. The smallest absolute Gasteiger partial charge is 0.226 e. The fourth-order valence-electron chi connectivity index (χ4n) is 5.22. The molecule has 4 aromatic rings. The summed E-state index contributed by atoms with van der Waals surface area (Å²) in [6, 6.07) is 25.9. The van der Waals surface area contributed by atoms with Crippen LogP contribution in [0.5, 0.6) is 0 Å². The van der Waals surface area contributed by atoms with E-state index in [1.165, 1.54) is 16.8 Å². The number of aromatic nitrogens is 2. The number of hydrogen-bond acceptors (Lipinski definition) is 3. The van der Waals surface area contributed by atoms with Crippen LogP contribution < -0.4 is 10.6 Å². The van der Waals surface area contributed by atoms with Crippen molar-refractivity contribution >= 4 is 28.9 Å². The molecule has 7 heteroatoms. The molecule has 0 spiro atoms. The molecule has 0 radical (unpaired) electrons. The topological polar surface area (TPSA) is 62.2 Å². The Balaban J connectivity index is 1.49. The van der Waals surface area contributed by atoms with Crippen LogP contribution in [0.4, 0.5) is 5.69 Å². The Morgan fingerprint density at radius 2 is 1.73 bits per heavy atom. The standard InChI is InChI=1S/C30H31N5OS/c1-20-11-7-8-15-26(20)35-21(2)19-24(22(35)3)29-28(25-14-9-10-17-31-25)33-30(37)34(29)18-16-27(36)32-23-12-5-4-6-13-23/h4-15,17,19,28-29H,16,18H2,1-3H3,(H,32,36)(H,33,37)/t28-,29-/m1/s1. The Morgan fingerprint density at radius 3 is 2.46 bits per heavy atom. The maximum absolute atomic E-state index is 12.8. The number of benzene rings is 2. The normalized spacial score (nSPS) is 17.1. The fourth-order valence-corrected chi connectivity index (χ4v) is 5.56. The fraction of sp³-hybridized carbons (Fsp3) is 0.233. The molecule has 0 aliphatic carbocycles. The summed E-state index contributed by atoms with van der Waals surface area (Å²) in [4.78, 5) is 19.6. The van der Waals surface area contributed by atoms with E-state index in [1.807, 2.05) is 54.7 Å². The molecule has 6 nitrogen and oxygen atoms in total. The third-order valence-corrected chi connectivity index (χ3v) is 7.33. The molecule has 1 amide bonds. The van der Waals surface area contributed by atoms with Crippen LogP contribution in [0.25, 0.3) is 5.69 Å². The van der Waals surface area contributed by atoms with Gasteiger partial charge in [-0.2, -0.15) is 0 Å². The number of aryl methyl sites for hydroxylation is 2. The number of carbonyl (C=O) groups is 1. The van der Waals surface area contributed by atoms with Crippen molar-refractivity contribution in [2.45, 2.75) is 39.3 Å². The maximum Gasteiger partial charge on any atom is 0.226 e. The first kappa shape index (κ1) is 24.7. The van der Waals surface area contributed by atoms with Gasteiger partial charge in [0.2, 0.25) is 5.91 Å². The quantitative estimate of drug-likeness (QED) is 0.309. The predicted octanol–water partition coefficient (Wildman–Crippen LogP) is 5.80. The molecular formula is C30H31N5OS. The third kappa shape index (κ3) is 5.00. The average molecular weight is 510 g/mol. The summed E-state index contributed by atoms with van der Waals surface area (Å²) in [5.74, 6) is -0.0422. The lowest BCUT2D eigenvalue weighted by atomic mass is 9.96. The van der Waals surface area contributed by atoms with E-state index >= 15 is 0 Å². The summed E-state index contributed by atoms with van der Waals surface area (Å²) in [5, 5.41) is 7.12. The van der Waals surface area contributed by atoms with Gasteiger partial charge in [-0.3, -0.25) is 9.78 Å². The second-order valence-electron chi connectivity index (χ2n) is 9.43. The van der Waals surface area contributed by atoms with Crippen molar-refractivity contribution in [3.05, 3.63) is 113 Å². The number of anilines is 1. The minimum atomic E-state index is -0.128. The van der Waals surface area contributed by atoms with Gasteiger partial charge in [0, 0.05) is 41.9 Å². The Morgan fingerprint density at radius 1 is 1.00 bits per heavy atom. The van der Waals surface area contributed by atoms with Gasteiger partial charge in [0.05, 0.1) is 17.8 Å². The first-order valence-electron chi connectivity index (χ1n) is 12.5. The molecule has 1 aliphatic rings. The number of rotatable bonds is 7. The van der Waals surface area contributed by atoms with E-state index in [2.05, 4.69) is 76.2 Å². The van der Waals surface area contributed by atoms with E-state index in [1.54, 1.807) is 0 Å². The molecule has 188 valence electrons. The minimum absolute atomic E-state index is 0.0422. The van der Waals surface area contributed by atoms with Gasteiger partial charge in [-0.25, -0.2) is 0 Å². The van der Waals surface area contributed by atoms with Crippen LogP contribution in [-0.4, -0.2) is 32.0 Å². The number of amides is 1. The van der Waals surface area contributed by atoms with Crippen LogP contribution in [0.15, 0.2) is 85.1 Å². The van der Waals surface area contributed by atoms with Gasteiger partial charge < -0.3 is 20.1 Å². The molecule has 2 aromatic carbocycles. The Labute approximate surface area is 223 Å². The van der Waals surface area contributed by atoms with Crippen LogP contribution in [0.1, 0.15) is 46.7 Å². The third-order valence-electron chi connectivity index (χ3n) is 6.98. The van der Waals surface area contributed by atoms with Crippen LogP contribution in [0, 0.1) is 20.8 Å². The second kappa shape index (κ2) is 10.6. The van der Waals surface area contributed by atoms with Crippen LogP contribution in [0.3, 0.4) is 0 Å². The van der Waals surface area contributed by atoms with Crippen molar-refractivity contribution in [1.29, 1.82) is 0 Å². The van der Waals surface area contributed by atoms with E-state index in [9.17, 15) is 4.79 Å². The van der Waals surface area contributed by atoms with Gasteiger partial charge in [-0.05, 0) is 80.5 Å². The lowest BCUT2D eigenvalue weighted by Crippen LogP contribution is -2.32. The maximum atomic E-state index is 12.8. The van der Waals surface area contributed by atoms with E-state index in [-0.39, 0.29) is 18.0 Å². The number of hydrogen-bond donors (Lipinski definition) is 2. The molecule has 2 atom stereocenters. The van der Waals surface area contributed by atoms with E-state index in [0.29, 0.717) is 18.1 Å². The van der Waals surface area contributed by atoms with Crippen molar-refractivity contribution < 1.29 is 4.79 Å². The molecule has 0 bridgehead atoms. The SMILES string of the molecule is Cc1ccccc1-n1c(C)cc([C@@H]2[C@@H](c3ccccn3)NC(=S)N2CCC(=O)Nc2ccccc2)c1C. The Bertz CT molecular complexity index is 1420. The summed E-state index contributed by atoms with van der Waals surface area (Å²) >= 11 is 5.82. The van der Waals surface area contributed by atoms with Crippen molar-refractivity contribution in [3.8, 4) is 5.69 Å². The summed E-state index contributed by atoms with van der Waals surface area (Å²) < 4.78 is 2.31. The lowest BCUT2D eigenvalue weighted by molar-refractivity contribution is -0.116. The molecule has 2 aromatic heterocycles. The highest BCUT2D eigenvalue weighted by Gasteiger charge is 2.41. The van der Waals surface area contributed by atoms with E-state index in [4.69, 9.17) is 12.2 Å². The van der Waals surface area contributed by atoms with Crippen molar-refractivity contribution in [2.75, 3.05) is 11.9 Å². The molecule has 5 rings (SSSR count). The van der Waals surface area contributed by atoms with Crippen LogP contribution in [-0.2, 0) is 4.79 Å². The van der Waals surface area contributed by atoms with Gasteiger partial charge >= 0.3 is 0 Å². The summed E-state index contributed by atoms with van der Waals surface area (Å²) in [5.41, 5.74) is 7.58. The van der Waals surface area contributed by atoms with Crippen molar-refractivity contribution in [3.63, 3.8) is 0 Å². The van der Waals surface area contributed by atoms with Crippen molar-refractivity contribution in [1.82, 2.24) is 19.8 Å². The summed E-state index contributed by atoms with van der Waals surface area (Å²) in [6.45, 7) is 6.92. The average Bonchev–Trinajstić information content (AvgIpc) is 3.38. The summed E-state index contributed by atoms with van der Waals surface area (Å²) in [6.07, 6.45) is 2.13. The van der Waals surface area contributed by atoms with Crippen LogP contribution >= 0.6 is 12.2 Å². The van der Waals surface area contributed by atoms with Gasteiger partial charge in [0.15, 0.2) is 5.11 Å². The minimum Gasteiger partial charge on any atom is -0.352 e. The van der Waals surface area contributed by atoms with Gasteiger partial charge in [0.25, 0.3) is 0 Å². The van der Waals surface area contributed by atoms with Gasteiger partial charge in [-0.15, -0.1) is 0 Å². The largest absolute Gasteiger partial charge is 0.352 e. The molecule has 1 aliphatic heterocycles. The first-order valence-corrected chi connectivity index (χ1v) is 12.9. The highest BCUT2D eigenvalue weighted by Crippen LogP contribution is 2.41.